The summed E-state index contributed by atoms with van der Waals surface area (Å²) in [6, 6.07) is 16.4. The fraction of sp³-hybridized carbons (Fsp3) is 0.360. The minimum Gasteiger partial charge on any atom is -0.512 e. The maximum Gasteiger partial charge on any atom is 0.316 e. The summed E-state index contributed by atoms with van der Waals surface area (Å²) in [6.07, 6.45) is 3.21. The molecule has 0 heterocycles. The van der Waals surface area contributed by atoms with Crippen molar-refractivity contribution in [3.63, 3.8) is 0 Å². The van der Waals surface area contributed by atoms with Gasteiger partial charge in [-0.2, -0.15) is 0 Å². The Bertz CT molecular complexity index is 936. The van der Waals surface area contributed by atoms with Gasteiger partial charge in [-0.15, -0.1) is 34.9 Å². The van der Waals surface area contributed by atoms with Crippen LogP contribution in [0.2, 0.25) is 0 Å². The number of fused-ring (bicyclic) bond motifs is 2. The van der Waals surface area contributed by atoms with Gasteiger partial charge in [0.2, 0.25) is 0 Å². The van der Waals surface area contributed by atoms with Gasteiger partial charge < -0.3 is 10.1 Å². The van der Waals surface area contributed by atoms with E-state index in [-0.39, 0.29) is 42.5 Å². The molecule has 2 N–H and O–H groups in total. The summed E-state index contributed by atoms with van der Waals surface area (Å²) in [6.45, 7) is 12.2. The average Bonchev–Trinajstić information content (AvgIpc) is 2.60. The summed E-state index contributed by atoms with van der Waals surface area (Å²) in [5.74, 6) is 0.250. The molecule has 0 bridgehead atoms. The first-order valence-corrected chi connectivity index (χ1v) is 9.51. The van der Waals surface area contributed by atoms with Crippen LogP contribution in [0.25, 0.3) is 0 Å². The molecule has 29 heavy (non-hydrogen) atoms. The minimum absolute atomic E-state index is 0. The van der Waals surface area contributed by atoms with E-state index < -0.39 is 0 Å². The van der Waals surface area contributed by atoms with Crippen LogP contribution in [0.4, 0.5) is 0 Å². The summed E-state index contributed by atoms with van der Waals surface area (Å²) in [4.78, 5) is 12.6. The van der Waals surface area contributed by atoms with Crippen molar-refractivity contribution in [1.29, 1.82) is 0 Å². The van der Waals surface area contributed by atoms with E-state index in [0.717, 1.165) is 5.56 Å². The molecular formula is C25H31IrNO2. The topological polar surface area (TPSA) is 54.0 Å². The minimum atomic E-state index is -0.0320. The van der Waals surface area contributed by atoms with Crippen molar-refractivity contribution in [3.8, 4) is 0 Å². The Morgan fingerprint density at radius 1 is 1.00 bits per heavy atom. The molecule has 0 saturated heterocycles. The smallest absolute Gasteiger partial charge is 0.316 e. The molecule has 0 unspecified atom stereocenters. The van der Waals surface area contributed by atoms with E-state index >= 15 is 0 Å². The molecule has 0 saturated carbocycles. The van der Waals surface area contributed by atoms with Crippen molar-refractivity contribution >= 4 is 12.0 Å². The third kappa shape index (κ3) is 5.12. The van der Waals surface area contributed by atoms with Gasteiger partial charge in [-0.25, -0.2) is 0 Å². The Labute approximate surface area is 188 Å². The van der Waals surface area contributed by atoms with Gasteiger partial charge in [0, 0.05) is 27.2 Å². The number of aliphatic hydroxyl groups is 1. The first-order valence-electron chi connectivity index (χ1n) is 9.51. The molecule has 3 nitrogen and oxygen atoms in total. The summed E-state index contributed by atoms with van der Waals surface area (Å²) < 4.78 is 0. The van der Waals surface area contributed by atoms with Crippen LogP contribution < -0.4 is 0 Å². The van der Waals surface area contributed by atoms with E-state index in [9.17, 15) is 0 Å². The Hall–Kier alpha value is -2.03. The van der Waals surface area contributed by atoms with Gasteiger partial charge in [-0.3, -0.25) is 4.79 Å². The van der Waals surface area contributed by atoms with Crippen molar-refractivity contribution in [2.24, 2.45) is 4.99 Å². The Morgan fingerprint density at radius 2 is 1.55 bits per heavy atom. The normalized spacial score (nSPS) is 16.0. The molecule has 0 amide bonds. The van der Waals surface area contributed by atoms with Crippen LogP contribution >= 0.6 is 0 Å². The van der Waals surface area contributed by atoms with Gasteiger partial charge in [-0.1, -0.05) is 58.2 Å². The number of ketones is 1. The van der Waals surface area contributed by atoms with Gasteiger partial charge in [0.25, 0.3) is 0 Å². The molecule has 1 aliphatic carbocycles. The fourth-order valence-corrected chi connectivity index (χ4v) is 4.10. The molecule has 1 aliphatic rings. The molecule has 0 aliphatic heterocycles. The number of carbonyl (C=O) groups excluding carboxylic acids is 1. The van der Waals surface area contributed by atoms with Crippen LogP contribution in [-0.4, -0.2) is 28.9 Å². The third-order valence-electron chi connectivity index (χ3n) is 5.28. The molecule has 0 fully saturated rings. The van der Waals surface area contributed by atoms with Crippen molar-refractivity contribution in [3.05, 3.63) is 82.1 Å². The molecule has 0 atom stereocenters. The fourth-order valence-electron chi connectivity index (χ4n) is 4.10. The molecule has 2 aromatic rings. The summed E-state index contributed by atoms with van der Waals surface area (Å²) in [5.41, 5.74) is 6.67. The van der Waals surface area contributed by atoms with Crippen LogP contribution in [0.5, 0.6) is 0 Å². The van der Waals surface area contributed by atoms with Gasteiger partial charge in [0.05, 0.1) is 18.8 Å². The number of allylic oxidation sites excluding steroid dienone is 2. The zero-order valence-electron chi connectivity index (χ0n) is 18.3. The second-order valence-electron chi connectivity index (χ2n) is 8.29. The van der Waals surface area contributed by atoms with E-state index in [1.807, 2.05) is 19.3 Å². The van der Waals surface area contributed by atoms with Crippen LogP contribution in [-0.2, 0) is 30.9 Å². The van der Waals surface area contributed by atoms with Crippen LogP contribution in [0.1, 0.15) is 69.4 Å². The first kappa shape index (κ1) is 25.0. The van der Waals surface area contributed by atoms with E-state index in [2.05, 4.69) is 69.1 Å². The number of aliphatic imine (C=N–C) groups is 1. The number of hydrogen-bond acceptors (Lipinski definition) is 2. The molecule has 1 radical (unpaired) electrons. The van der Waals surface area contributed by atoms with Crippen LogP contribution in [0, 0.1) is 6.07 Å². The molecule has 4 heteroatoms. The zero-order valence-corrected chi connectivity index (χ0v) is 20.7. The van der Waals surface area contributed by atoms with E-state index in [4.69, 9.17) is 9.90 Å². The Morgan fingerprint density at radius 3 is 2.00 bits per heavy atom. The van der Waals surface area contributed by atoms with Crippen LogP contribution in [0.3, 0.4) is 0 Å². The Kier molecular flexibility index (Phi) is 8.32. The van der Waals surface area contributed by atoms with Gasteiger partial charge in [0.1, 0.15) is 0 Å². The number of hydrogen-bond donors (Lipinski definition) is 1. The SMILES string of the molecule is CC(=[OH+])/C=C(/C)O.CN=Cc1[c-]ccc2c1C(C)(C)c1ccccc1C2(C)C.[Ir]. The zero-order chi connectivity index (χ0) is 21.1. The second-order valence-corrected chi connectivity index (χ2v) is 8.29. The summed E-state index contributed by atoms with van der Waals surface area (Å²) >= 11 is 0. The molecule has 157 valence electrons. The summed E-state index contributed by atoms with van der Waals surface area (Å²) in [7, 11) is 1.82. The summed E-state index contributed by atoms with van der Waals surface area (Å²) in [5, 5.41) is 8.40. The van der Waals surface area contributed by atoms with Crippen molar-refractivity contribution in [2.75, 3.05) is 7.05 Å². The maximum atomic E-state index is 8.40. The second kappa shape index (κ2) is 9.65. The van der Waals surface area contributed by atoms with Gasteiger partial charge >= 0.3 is 5.78 Å². The van der Waals surface area contributed by atoms with Crippen LogP contribution in [0.15, 0.2) is 53.2 Å². The van der Waals surface area contributed by atoms with Gasteiger partial charge in [-0.05, 0) is 28.9 Å². The molecule has 0 aromatic heterocycles. The Balaban J connectivity index is 0.000000456. The number of aliphatic hydroxyl groups excluding tert-OH is 1. The predicted molar refractivity (Wildman–Crippen MR) is 118 cm³/mol. The van der Waals surface area contributed by atoms with E-state index in [1.165, 1.54) is 42.2 Å². The molecule has 2 aromatic carbocycles. The van der Waals surface area contributed by atoms with E-state index in [1.54, 1.807) is 0 Å². The van der Waals surface area contributed by atoms with Crippen molar-refractivity contribution in [1.82, 2.24) is 0 Å². The molecule has 0 spiro atoms. The van der Waals surface area contributed by atoms with Crippen molar-refractivity contribution < 1.29 is 30.0 Å². The average molecular weight is 570 g/mol. The number of benzene rings is 2. The monoisotopic (exact) mass is 570 g/mol. The quantitative estimate of drug-likeness (QED) is 0.168. The maximum absolute atomic E-state index is 8.40. The largest absolute Gasteiger partial charge is 0.512 e. The number of nitrogens with zero attached hydrogens (tertiary/aromatic N) is 1. The first-order chi connectivity index (χ1) is 13.0. The van der Waals surface area contributed by atoms with Gasteiger partial charge in [0.15, 0.2) is 0 Å². The molecular weight excluding hydrogens is 538 g/mol. The molecule has 3 rings (SSSR count). The van der Waals surface area contributed by atoms with Crippen molar-refractivity contribution in [2.45, 2.75) is 52.4 Å². The third-order valence-corrected chi connectivity index (χ3v) is 5.28. The standard InChI is InChI=1S/C20H22N.C5H8O2.Ir/c1-19(2)15-10-6-7-11-16(15)20(3,4)18-14(13-21-5)9-8-12-17(18)19;1-4(6)3-5(2)7;/h6-8,10-13H,1-5H3;3,6H,1-2H3;/q-1;;/p+1/b;4-3-;. The van der Waals surface area contributed by atoms with E-state index in [0.29, 0.717) is 0 Å². The predicted octanol–water partition coefficient (Wildman–Crippen LogP) is 5.51. The number of rotatable bonds is 2.